The maximum Gasteiger partial charge on any atom is 0.417 e. The summed E-state index contributed by atoms with van der Waals surface area (Å²) < 4.78 is 38.4. The topological polar surface area (TPSA) is 97.5 Å². The molecule has 2 amide bonds. The number of rotatable bonds is 2. The third kappa shape index (κ3) is 2.42. The molecule has 148 valence electrons. The first-order valence-corrected chi connectivity index (χ1v) is 8.87. The number of pyridine rings is 1. The average Bonchev–Trinajstić information content (AvgIpc) is 3.23. The van der Waals surface area contributed by atoms with Crippen molar-refractivity contribution in [1.82, 2.24) is 9.99 Å². The molecule has 3 fully saturated rings. The quantitative estimate of drug-likeness (QED) is 0.742. The smallest absolute Gasteiger partial charge is 0.391 e. The molecule has 0 aromatic carbocycles. The normalized spacial score (nSPS) is 34.0. The van der Waals surface area contributed by atoms with Crippen molar-refractivity contribution in [3.05, 3.63) is 22.8 Å². The first-order chi connectivity index (χ1) is 13.1. The van der Waals surface area contributed by atoms with Gasteiger partial charge in [0, 0.05) is 13.2 Å². The monoisotopic (exact) mass is 414 g/mol. The molecule has 4 rings (SSSR count). The summed E-state index contributed by atoms with van der Waals surface area (Å²) in [6.07, 6.45) is -4.62. The largest absolute Gasteiger partial charge is 0.417 e. The highest BCUT2D eigenvalue weighted by molar-refractivity contribution is 6.33. The number of hydrogen-bond donors (Lipinski definition) is 1. The second-order valence-corrected chi connectivity index (χ2v) is 7.71. The Bertz CT molecular complexity index is 918. The van der Waals surface area contributed by atoms with E-state index in [-0.39, 0.29) is 10.8 Å². The van der Waals surface area contributed by atoms with Gasteiger partial charge >= 0.3 is 6.18 Å². The van der Waals surface area contributed by atoms with Crippen molar-refractivity contribution in [3.63, 3.8) is 0 Å². The van der Waals surface area contributed by atoms with Gasteiger partial charge < -0.3 is 5.11 Å². The van der Waals surface area contributed by atoms with Crippen LogP contribution in [0.15, 0.2) is 12.3 Å². The predicted molar refractivity (Wildman–Crippen MR) is 88.2 cm³/mol. The van der Waals surface area contributed by atoms with Crippen LogP contribution in [0.5, 0.6) is 0 Å². The minimum atomic E-state index is -4.63. The Morgan fingerprint density at radius 2 is 1.93 bits per heavy atom. The number of amides is 2. The molecule has 1 aromatic heterocycles. The van der Waals surface area contributed by atoms with E-state index in [2.05, 4.69) is 4.98 Å². The Hall–Kier alpha value is -2.38. The highest BCUT2D eigenvalue weighted by Gasteiger charge is 2.68. The summed E-state index contributed by atoms with van der Waals surface area (Å²) in [5, 5.41) is 21.0. The Kier molecular flexibility index (Phi) is 4.10. The summed E-state index contributed by atoms with van der Waals surface area (Å²) in [6, 6.07) is 2.68. The van der Waals surface area contributed by atoms with Crippen LogP contribution in [-0.2, 0) is 15.8 Å². The lowest BCUT2D eigenvalue weighted by molar-refractivity contribution is -0.142. The summed E-state index contributed by atoms with van der Waals surface area (Å²) in [4.78, 5) is 29.5. The van der Waals surface area contributed by atoms with Gasteiger partial charge in [0.25, 0.3) is 11.8 Å². The van der Waals surface area contributed by atoms with E-state index >= 15 is 0 Å². The van der Waals surface area contributed by atoms with Gasteiger partial charge in [-0.15, -0.1) is 0 Å². The van der Waals surface area contributed by atoms with Gasteiger partial charge in [0.15, 0.2) is 5.82 Å². The Morgan fingerprint density at radius 1 is 1.32 bits per heavy atom. The molecule has 11 heteroatoms. The van der Waals surface area contributed by atoms with Crippen LogP contribution in [0, 0.1) is 40.9 Å². The van der Waals surface area contributed by atoms with E-state index in [9.17, 15) is 33.1 Å². The lowest BCUT2D eigenvalue weighted by atomic mass is 9.74. The van der Waals surface area contributed by atoms with E-state index < -0.39 is 59.2 Å². The van der Waals surface area contributed by atoms with Gasteiger partial charge in [-0.05, 0) is 24.3 Å². The van der Waals surface area contributed by atoms with Crippen LogP contribution in [0.3, 0.4) is 0 Å². The fraction of sp³-hybridized carbons (Fsp3) is 0.529. The van der Waals surface area contributed by atoms with Gasteiger partial charge in [-0.2, -0.15) is 23.4 Å². The first-order valence-electron chi connectivity index (χ1n) is 8.49. The van der Waals surface area contributed by atoms with E-state index in [1.807, 2.05) is 6.07 Å². The minimum absolute atomic E-state index is 0.180. The second-order valence-electron chi connectivity index (χ2n) is 7.30. The summed E-state index contributed by atoms with van der Waals surface area (Å²) >= 11 is 5.93. The Labute approximate surface area is 162 Å². The molecular formula is C17H14ClF3N4O3. The van der Waals surface area contributed by atoms with E-state index in [1.165, 1.54) is 7.05 Å². The second kappa shape index (κ2) is 6.06. The van der Waals surface area contributed by atoms with Crippen LogP contribution in [0.2, 0.25) is 5.02 Å². The molecule has 1 saturated heterocycles. The number of carbonyl (C=O) groups excluding carboxylic acids is 2. The number of hydrazine groups is 1. The number of alkyl halides is 3. The molecule has 0 radical (unpaired) electrons. The fourth-order valence-electron chi connectivity index (χ4n) is 4.83. The zero-order valence-corrected chi connectivity index (χ0v) is 15.1. The number of aromatic nitrogens is 1. The molecule has 3 aliphatic rings. The molecule has 1 aromatic rings. The summed E-state index contributed by atoms with van der Waals surface area (Å²) in [5.41, 5.74) is -1.05. The zero-order valence-electron chi connectivity index (χ0n) is 14.4. The fourth-order valence-corrected chi connectivity index (χ4v) is 5.12. The average molecular weight is 415 g/mol. The van der Waals surface area contributed by atoms with Crippen LogP contribution in [0.1, 0.15) is 12.0 Å². The van der Waals surface area contributed by atoms with Crippen LogP contribution < -0.4 is 5.01 Å². The van der Waals surface area contributed by atoms with E-state index in [1.54, 1.807) is 0 Å². The molecule has 1 aliphatic heterocycles. The zero-order chi connectivity index (χ0) is 20.5. The van der Waals surface area contributed by atoms with Gasteiger partial charge in [-0.1, -0.05) is 11.6 Å². The van der Waals surface area contributed by atoms with Gasteiger partial charge in [-0.25, -0.2) is 4.98 Å². The summed E-state index contributed by atoms with van der Waals surface area (Å²) in [7, 11) is 1.30. The number of imide groups is 1. The van der Waals surface area contributed by atoms with Crippen molar-refractivity contribution >= 4 is 29.2 Å². The highest BCUT2D eigenvalue weighted by atomic mass is 35.5. The number of nitrogens with zero attached hydrogens (tertiary/aromatic N) is 4. The van der Waals surface area contributed by atoms with Gasteiger partial charge in [0.2, 0.25) is 0 Å². The Morgan fingerprint density at radius 3 is 2.46 bits per heavy atom. The molecule has 0 spiro atoms. The number of halogens is 4. The van der Waals surface area contributed by atoms with E-state index in [0.29, 0.717) is 18.7 Å². The molecule has 28 heavy (non-hydrogen) atoms. The Balaban J connectivity index is 1.65. The summed E-state index contributed by atoms with van der Waals surface area (Å²) in [5.74, 6) is -4.45. The SMILES string of the molecule is CN(c1ncc(C(F)(F)F)cc1Cl)N1C(=O)[C@@H]2[C@@H]3C[C@@H]([C@@H](C#N)[C@@H]3O)[C@@H]2C1=O. The van der Waals surface area contributed by atoms with Crippen molar-refractivity contribution in [3.8, 4) is 6.07 Å². The van der Waals surface area contributed by atoms with Gasteiger partial charge in [-0.3, -0.25) is 14.6 Å². The van der Waals surface area contributed by atoms with Crippen LogP contribution in [-0.4, -0.2) is 40.1 Å². The van der Waals surface area contributed by atoms with Crippen molar-refractivity contribution in [1.29, 1.82) is 5.26 Å². The molecule has 2 aliphatic carbocycles. The number of hydrogen-bond acceptors (Lipinski definition) is 6. The molecule has 2 heterocycles. The number of aliphatic hydroxyl groups is 1. The van der Waals surface area contributed by atoms with Crippen molar-refractivity contribution < 1.29 is 27.9 Å². The first kappa shape index (κ1) is 19.0. The van der Waals surface area contributed by atoms with Crippen molar-refractivity contribution in [2.24, 2.45) is 29.6 Å². The van der Waals surface area contributed by atoms with Gasteiger partial charge in [0.05, 0.1) is 40.5 Å². The number of nitriles is 1. The maximum absolute atomic E-state index is 12.9. The van der Waals surface area contributed by atoms with Crippen LogP contribution in [0.25, 0.3) is 0 Å². The van der Waals surface area contributed by atoms with Gasteiger partial charge in [0.1, 0.15) is 0 Å². The van der Waals surface area contributed by atoms with Crippen molar-refractivity contribution in [2.45, 2.75) is 18.7 Å². The van der Waals surface area contributed by atoms with Crippen molar-refractivity contribution in [2.75, 3.05) is 12.1 Å². The number of aliphatic hydroxyl groups excluding tert-OH is 1. The summed E-state index contributed by atoms with van der Waals surface area (Å²) in [6.45, 7) is 0. The van der Waals surface area contributed by atoms with E-state index in [0.717, 1.165) is 10.0 Å². The molecule has 2 saturated carbocycles. The minimum Gasteiger partial charge on any atom is -0.391 e. The number of carbonyl (C=O) groups is 2. The molecule has 1 N–H and O–H groups in total. The molecule has 7 nitrogen and oxygen atoms in total. The highest BCUT2D eigenvalue weighted by Crippen LogP contribution is 2.58. The predicted octanol–water partition coefficient (Wildman–Crippen LogP) is 1.86. The lowest BCUT2D eigenvalue weighted by Gasteiger charge is -2.29. The lowest BCUT2D eigenvalue weighted by Crippen LogP contribution is -2.46. The number of anilines is 1. The van der Waals surface area contributed by atoms with Crippen LogP contribution in [0.4, 0.5) is 19.0 Å². The van der Waals surface area contributed by atoms with E-state index in [4.69, 9.17) is 11.6 Å². The molecule has 0 unspecified atom stereocenters. The third-order valence-corrected chi connectivity index (χ3v) is 6.29. The molecule has 6 atom stereocenters. The molecular weight excluding hydrogens is 401 g/mol. The maximum atomic E-state index is 12.9. The third-order valence-electron chi connectivity index (χ3n) is 6.01. The number of fused-ring (bicyclic) bond motifs is 5. The molecule has 2 bridgehead atoms. The standard InChI is InChI=1S/C17H14ClF3N4O3/c1-24(14-10(18)2-6(5-23-14)17(19,20)21)25-15(27)11-7-3-8(12(11)16(25)28)13(26)9(7)4-22/h2,5,7-9,11-13,26H,3H2,1H3/t7-,8-,9+,11-,12+,13+/m0/s1. The van der Waals surface area contributed by atoms with Crippen LogP contribution >= 0.6 is 11.6 Å².